The van der Waals surface area contributed by atoms with Crippen LogP contribution in [0.4, 0.5) is 0 Å². The summed E-state index contributed by atoms with van der Waals surface area (Å²) < 4.78 is 0. The summed E-state index contributed by atoms with van der Waals surface area (Å²) in [4.78, 5) is 24.6. The molecule has 0 aromatic heterocycles. The van der Waals surface area contributed by atoms with Gasteiger partial charge in [-0.15, -0.1) is 6.58 Å². The molecular weight excluding hydrogens is 244 g/mol. The lowest BCUT2D eigenvalue weighted by atomic mass is 10.1. The smallest absolute Gasteiger partial charge is 0.240 e. The zero-order valence-electron chi connectivity index (χ0n) is 11.4. The maximum absolute atomic E-state index is 12.0. The fourth-order valence-corrected chi connectivity index (χ4v) is 2.42. The number of amides is 2. The third kappa shape index (κ3) is 5.03. The number of nitrogens with two attached hydrogens (primary N) is 1. The molecule has 0 radical (unpaired) electrons. The van der Waals surface area contributed by atoms with Gasteiger partial charge >= 0.3 is 0 Å². The minimum Gasteiger partial charge on any atom is -0.391 e. The predicted molar refractivity (Wildman–Crippen MR) is 73.2 cm³/mol. The Labute approximate surface area is 114 Å². The number of likely N-dealkylation sites (tertiary alicyclic amines) is 1. The lowest BCUT2D eigenvalue weighted by molar-refractivity contribution is -0.137. The van der Waals surface area contributed by atoms with Gasteiger partial charge in [0.15, 0.2) is 0 Å². The topological polar surface area (TPSA) is 83.6 Å². The number of allylic oxidation sites excluding steroid dienone is 1. The first-order chi connectivity index (χ1) is 9.06. The van der Waals surface area contributed by atoms with Gasteiger partial charge in [0, 0.05) is 19.4 Å². The van der Waals surface area contributed by atoms with E-state index in [1.54, 1.807) is 0 Å². The van der Waals surface area contributed by atoms with Gasteiger partial charge < -0.3 is 15.7 Å². The maximum Gasteiger partial charge on any atom is 0.240 e. The Hall–Kier alpha value is -1.36. The third-order valence-corrected chi connectivity index (χ3v) is 3.48. The molecule has 0 saturated carbocycles. The molecular formula is C14H24N2O3. The molecule has 1 aliphatic rings. The van der Waals surface area contributed by atoms with Crippen LogP contribution in [-0.4, -0.2) is 40.5 Å². The van der Waals surface area contributed by atoms with Crippen molar-refractivity contribution < 1.29 is 14.7 Å². The van der Waals surface area contributed by atoms with Gasteiger partial charge in [-0.3, -0.25) is 9.59 Å². The van der Waals surface area contributed by atoms with E-state index in [4.69, 9.17) is 5.73 Å². The predicted octanol–water partition coefficient (Wildman–Crippen LogP) is 0.960. The third-order valence-electron chi connectivity index (χ3n) is 3.48. The van der Waals surface area contributed by atoms with E-state index in [0.29, 0.717) is 6.42 Å². The molecule has 1 fully saturated rings. The first kappa shape index (κ1) is 15.7. The molecule has 19 heavy (non-hydrogen) atoms. The average molecular weight is 268 g/mol. The number of carbonyl (C=O) groups is 2. The fourth-order valence-electron chi connectivity index (χ4n) is 2.42. The van der Waals surface area contributed by atoms with Gasteiger partial charge in [-0.05, 0) is 19.3 Å². The Morgan fingerprint density at radius 3 is 2.63 bits per heavy atom. The SMILES string of the molecule is C=CCCCCCCC(=O)N1C[C@@H](O)C[C@H]1C(N)=O. The number of rotatable bonds is 8. The van der Waals surface area contributed by atoms with Crippen molar-refractivity contribution in [2.45, 2.75) is 57.1 Å². The first-order valence-corrected chi connectivity index (χ1v) is 6.94. The van der Waals surface area contributed by atoms with Crippen LogP contribution in [0, 0.1) is 0 Å². The van der Waals surface area contributed by atoms with E-state index >= 15 is 0 Å². The monoisotopic (exact) mass is 268 g/mol. The normalized spacial score (nSPS) is 22.5. The Balaban J connectivity index is 2.28. The molecule has 5 heteroatoms. The maximum atomic E-state index is 12.0. The molecule has 1 rings (SSSR count). The van der Waals surface area contributed by atoms with Crippen LogP contribution in [0.3, 0.4) is 0 Å². The summed E-state index contributed by atoms with van der Waals surface area (Å²) in [5.41, 5.74) is 5.24. The molecule has 1 heterocycles. The number of hydrogen-bond acceptors (Lipinski definition) is 3. The van der Waals surface area contributed by atoms with Crippen molar-refractivity contribution in [2.24, 2.45) is 5.73 Å². The number of hydrogen-bond donors (Lipinski definition) is 2. The van der Waals surface area contributed by atoms with E-state index in [1.165, 1.54) is 4.90 Å². The van der Waals surface area contributed by atoms with Crippen molar-refractivity contribution in [1.82, 2.24) is 4.90 Å². The van der Waals surface area contributed by atoms with E-state index in [-0.39, 0.29) is 18.9 Å². The van der Waals surface area contributed by atoms with Crippen LogP contribution in [0.2, 0.25) is 0 Å². The van der Waals surface area contributed by atoms with E-state index in [9.17, 15) is 14.7 Å². The Kier molecular flexibility index (Phi) is 6.56. The molecule has 5 nitrogen and oxygen atoms in total. The van der Waals surface area contributed by atoms with Crippen LogP contribution in [0.15, 0.2) is 12.7 Å². The van der Waals surface area contributed by atoms with Crippen LogP contribution in [-0.2, 0) is 9.59 Å². The molecule has 0 spiro atoms. The number of primary amides is 1. The van der Waals surface area contributed by atoms with Crippen LogP contribution >= 0.6 is 0 Å². The summed E-state index contributed by atoms with van der Waals surface area (Å²) in [5.74, 6) is -0.611. The van der Waals surface area contributed by atoms with Crippen molar-refractivity contribution in [2.75, 3.05) is 6.54 Å². The first-order valence-electron chi connectivity index (χ1n) is 6.94. The highest BCUT2D eigenvalue weighted by atomic mass is 16.3. The number of β-amino-alcohol motifs (C(OH)–C–C–N with tert-alkyl or cyclic N) is 1. The Morgan fingerprint density at radius 1 is 1.32 bits per heavy atom. The summed E-state index contributed by atoms with van der Waals surface area (Å²) in [6, 6.07) is -0.636. The van der Waals surface area contributed by atoms with E-state index in [2.05, 4.69) is 6.58 Å². The Bertz CT molecular complexity index is 331. The van der Waals surface area contributed by atoms with Crippen molar-refractivity contribution in [3.63, 3.8) is 0 Å². The van der Waals surface area contributed by atoms with E-state index in [0.717, 1.165) is 32.1 Å². The zero-order valence-corrected chi connectivity index (χ0v) is 11.4. The standard InChI is InChI=1S/C14H24N2O3/c1-2-3-4-5-6-7-8-13(18)16-10-11(17)9-12(16)14(15)19/h2,11-12,17H,1,3-10H2,(H2,15,19)/t11-,12-/m0/s1. The second-order valence-corrected chi connectivity index (χ2v) is 5.10. The lowest BCUT2D eigenvalue weighted by Gasteiger charge is -2.21. The van der Waals surface area contributed by atoms with Crippen molar-refractivity contribution in [1.29, 1.82) is 0 Å². The van der Waals surface area contributed by atoms with Crippen molar-refractivity contribution in [3.05, 3.63) is 12.7 Å². The van der Waals surface area contributed by atoms with Gasteiger partial charge in [0.2, 0.25) is 11.8 Å². The molecule has 0 aromatic carbocycles. The molecule has 0 unspecified atom stereocenters. The summed E-state index contributed by atoms with van der Waals surface area (Å²) in [6.45, 7) is 3.89. The fraction of sp³-hybridized carbons (Fsp3) is 0.714. The van der Waals surface area contributed by atoms with Gasteiger partial charge in [0.05, 0.1) is 6.10 Å². The summed E-state index contributed by atoms with van der Waals surface area (Å²) in [5, 5.41) is 9.53. The second kappa shape index (κ2) is 7.94. The quantitative estimate of drug-likeness (QED) is 0.508. The number of aliphatic hydroxyl groups is 1. The van der Waals surface area contributed by atoms with Crippen molar-refractivity contribution in [3.8, 4) is 0 Å². The second-order valence-electron chi connectivity index (χ2n) is 5.10. The number of aliphatic hydroxyl groups excluding tert-OH is 1. The van der Waals surface area contributed by atoms with Crippen LogP contribution < -0.4 is 5.73 Å². The Morgan fingerprint density at radius 2 is 2.00 bits per heavy atom. The number of unbranched alkanes of at least 4 members (excludes halogenated alkanes) is 4. The molecule has 1 saturated heterocycles. The van der Waals surface area contributed by atoms with Gasteiger partial charge in [0.1, 0.15) is 6.04 Å². The molecule has 2 atom stereocenters. The summed E-state index contributed by atoms with van der Waals surface area (Å²) in [7, 11) is 0. The summed E-state index contributed by atoms with van der Waals surface area (Å²) in [6.07, 6.45) is 6.96. The molecule has 2 amide bonds. The number of nitrogens with zero attached hydrogens (tertiary/aromatic N) is 1. The van der Waals surface area contributed by atoms with Crippen LogP contribution in [0.1, 0.15) is 44.9 Å². The summed E-state index contributed by atoms with van der Waals surface area (Å²) >= 11 is 0. The minimum absolute atomic E-state index is 0.0796. The minimum atomic E-state index is -0.636. The molecule has 108 valence electrons. The van der Waals surface area contributed by atoms with Crippen LogP contribution in [0.5, 0.6) is 0 Å². The highest BCUT2D eigenvalue weighted by Gasteiger charge is 2.37. The van der Waals surface area contributed by atoms with E-state index in [1.807, 2.05) is 6.08 Å². The molecule has 0 bridgehead atoms. The van der Waals surface area contributed by atoms with Gasteiger partial charge in [-0.1, -0.05) is 18.9 Å². The molecule has 1 aliphatic heterocycles. The zero-order chi connectivity index (χ0) is 14.3. The van der Waals surface area contributed by atoms with Gasteiger partial charge in [0.25, 0.3) is 0 Å². The molecule has 0 aliphatic carbocycles. The molecule has 3 N–H and O–H groups in total. The largest absolute Gasteiger partial charge is 0.391 e. The number of carbonyl (C=O) groups excluding carboxylic acids is 2. The van der Waals surface area contributed by atoms with Gasteiger partial charge in [-0.25, -0.2) is 0 Å². The highest BCUT2D eigenvalue weighted by molar-refractivity contribution is 5.87. The average Bonchev–Trinajstić information content (AvgIpc) is 2.76. The van der Waals surface area contributed by atoms with Gasteiger partial charge in [-0.2, -0.15) is 0 Å². The van der Waals surface area contributed by atoms with E-state index < -0.39 is 18.1 Å². The van der Waals surface area contributed by atoms with Crippen molar-refractivity contribution >= 4 is 11.8 Å². The molecule has 0 aromatic rings. The highest BCUT2D eigenvalue weighted by Crippen LogP contribution is 2.19. The van der Waals surface area contributed by atoms with Crippen LogP contribution in [0.25, 0.3) is 0 Å². The lowest BCUT2D eigenvalue weighted by Crippen LogP contribution is -2.43.